The number of carbonyl (C=O) groups excluding carboxylic acids is 1. The average Bonchev–Trinajstić information content (AvgIpc) is 3.03. The van der Waals surface area contributed by atoms with Gasteiger partial charge in [0.05, 0.1) is 12.5 Å². The number of aromatic nitrogens is 3. The maximum Gasteiger partial charge on any atom is 0.273 e. The van der Waals surface area contributed by atoms with Crippen LogP contribution in [-0.4, -0.2) is 26.6 Å². The van der Waals surface area contributed by atoms with E-state index in [0.29, 0.717) is 26.5 Å². The molecule has 0 radical (unpaired) electrons. The second-order valence-electron chi connectivity index (χ2n) is 6.82. The molecule has 0 saturated carbocycles. The van der Waals surface area contributed by atoms with E-state index < -0.39 is 0 Å². The number of nitriles is 1. The summed E-state index contributed by atoms with van der Waals surface area (Å²) in [7, 11) is 0. The second-order valence-corrected chi connectivity index (χ2v) is 8.46. The Morgan fingerprint density at radius 1 is 1.40 bits per heavy atom. The molecular formula is C21H21N5O2S2. The van der Waals surface area contributed by atoms with Crippen LogP contribution in [0.3, 0.4) is 0 Å². The summed E-state index contributed by atoms with van der Waals surface area (Å²) in [6, 6.07) is 7.77. The molecule has 0 unspecified atom stereocenters. The van der Waals surface area contributed by atoms with Crippen LogP contribution in [0.4, 0.5) is 5.69 Å². The van der Waals surface area contributed by atoms with Gasteiger partial charge in [-0.1, -0.05) is 23.5 Å². The lowest BCUT2D eigenvalue weighted by Gasteiger charge is -2.23. The van der Waals surface area contributed by atoms with E-state index in [1.54, 1.807) is 10.6 Å². The van der Waals surface area contributed by atoms with Gasteiger partial charge in [0.2, 0.25) is 5.91 Å². The highest BCUT2D eigenvalue weighted by Crippen LogP contribution is 2.21. The van der Waals surface area contributed by atoms with Crippen LogP contribution in [0.1, 0.15) is 17.5 Å². The Labute approximate surface area is 183 Å². The Hall–Kier alpha value is -3.09. The minimum atomic E-state index is -0.312. The molecule has 0 atom stereocenters. The van der Waals surface area contributed by atoms with E-state index in [1.165, 1.54) is 27.1 Å². The zero-order chi connectivity index (χ0) is 21.8. The topological polar surface area (TPSA) is 83.9 Å². The van der Waals surface area contributed by atoms with Crippen LogP contribution in [0.5, 0.6) is 0 Å². The maximum atomic E-state index is 13.1. The summed E-state index contributed by atoms with van der Waals surface area (Å²) in [6.45, 7) is 8.20. The van der Waals surface area contributed by atoms with E-state index in [1.807, 2.05) is 32.0 Å². The Balaban J connectivity index is 1.96. The molecule has 2 heterocycles. The van der Waals surface area contributed by atoms with E-state index in [9.17, 15) is 9.59 Å². The van der Waals surface area contributed by atoms with Crippen LogP contribution < -0.4 is 10.5 Å². The number of hydrogen-bond acceptors (Lipinski definition) is 6. The number of amides is 1. The summed E-state index contributed by atoms with van der Waals surface area (Å²) in [5.41, 5.74) is 3.04. The smallest absolute Gasteiger partial charge is 0.273 e. The number of benzene rings is 1. The molecule has 30 heavy (non-hydrogen) atoms. The van der Waals surface area contributed by atoms with E-state index in [0.717, 1.165) is 11.1 Å². The first kappa shape index (κ1) is 21.6. The average molecular weight is 440 g/mol. The standard InChI is InChI=1S/C21H21N5O2S2/c1-4-9-26-19-18(30-21(26)29)20(28)24(13-23-19)12-17(27)25(10-5-8-22)16-7-6-14(2)15(3)11-16/h4,6-7,11,13H,1,5,9-10,12H2,2-3H3. The number of fused-ring (bicyclic) bond motifs is 1. The molecule has 3 aromatic rings. The molecule has 3 rings (SSSR count). The van der Waals surface area contributed by atoms with Gasteiger partial charge >= 0.3 is 0 Å². The van der Waals surface area contributed by atoms with E-state index in [4.69, 9.17) is 17.5 Å². The number of carbonyl (C=O) groups is 1. The summed E-state index contributed by atoms with van der Waals surface area (Å²) in [5, 5.41) is 9.00. The molecule has 0 aliphatic carbocycles. The van der Waals surface area contributed by atoms with Gasteiger partial charge in [0, 0.05) is 18.8 Å². The minimum Gasteiger partial charge on any atom is -0.310 e. The molecule has 0 aliphatic rings. The van der Waals surface area contributed by atoms with Gasteiger partial charge in [-0.3, -0.25) is 14.2 Å². The van der Waals surface area contributed by atoms with Gasteiger partial charge in [-0.2, -0.15) is 5.26 Å². The summed E-state index contributed by atoms with van der Waals surface area (Å²) in [6.07, 6.45) is 3.25. The van der Waals surface area contributed by atoms with Crippen molar-refractivity contribution in [2.45, 2.75) is 33.4 Å². The van der Waals surface area contributed by atoms with Crippen molar-refractivity contribution in [3.8, 4) is 6.07 Å². The third-order valence-electron chi connectivity index (χ3n) is 4.81. The highest BCUT2D eigenvalue weighted by atomic mass is 32.1. The number of rotatable bonds is 7. The van der Waals surface area contributed by atoms with E-state index >= 15 is 0 Å². The first-order valence-electron chi connectivity index (χ1n) is 9.31. The fourth-order valence-corrected chi connectivity index (χ4v) is 4.37. The van der Waals surface area contributed by atoms with Crippen molar-refractivity contribution in [3.05, 3.63) is 62.6 Å². The van der Waals surface area contributed by atoms with Gasteiger partial charge in [-0.05, 0) is 49.3 Å². The van der Waals surface area contributed by atoms with Crippen molar-refractivity contribution in [1.82, 2.24) is 14.1 Å². The summed E-state index contributed by atoms with van der Waals surface area (Å²) in [4.78, 5) is 31.9. The van der Waals surface area contributed by atoms with Gasteiger partial charge in [0.15, 0.2) is 9.60 Å². The molecule has 1 amide bonds. The lowest BCUT2D eigenvalue weighted by atomic mass is 10.1. The normalized spacial score (nSPS) is 10.7. The number of nitrogens with zero attached hydrogens (tertiary/aromatic N) is 5. The third-order valence-corrected chi connectivity index (χ3v) is 6.24. The Bertz CT molecular complexity index is 1280. The van der Waals surface area contributed by atoms with Gasteiger partial charge in [0.25, 0.3) is 5.56 Å². The van der Waals surface area contributed by atoms with Crippen molar-refractivity contribution in [1.29, 1.82) is 5.26 Å². The number of anilines is 1. The number of aryl methyl sites for hydroxylation is 2. The monoisotopic (exact) mass is 439 g/mol. The number of hydrogen-bond donors (Lipinski definition) is 0. The molecule has 2 aromatic heterocycles. The summed E-state index contributed by atoms with van der Waals surface area (Å²) < 4.78 is 3.97. The van der Waals surface area contributed by atoms with Gasteiger partial charge < -0.3 is 9.47 Å². The van der Waals surface area contributed by atoms with Crippen LogP contribution in [0.25, 0.3) is 10.3 Å². The minimum absolute atomic E-state index is 0.174. The van der Waals surface area contributed by atoms with Crippen molar-refractivity contribution in [2.24, 2.45) is 0 Å². The highest BCUT2D eigenvalue weighted by molar-refractivity contribution is 7.73. The largest absolute Gasteiger partial charge is 0.310 e. The first-order chi connectivity index (χ1) is 14.4. The van der Waals surface area contributed by atoms with Crippen molar-refractivity contribution in [2.75, 3.05) is 11.4 Å². The van der Waals surface area contributed by atoms with Crippen LogP contribution >= 0.6 is 23.6 Å². The Kier molecular flexibility index (Phi) is 6.59. The van der Waals surface area contributed by atoms with Gasteiger partial charge in [-0.25, -0.2) is 4.98 Å². The molecule has 0 bridgehead atoms. The summed E-state index contributed by atoms with van der Waals surface area (Å²) in [5.74, 6) is -0.286. The van der Waals surface area contributed by atoms with Crippen molar-refractivity contribution < 1.29 is 4.79 Å². The van der Waals surface area contributed by atoms with E-state index in [-0.39, 0.29) is 31.0 Å². The molecule has 9 heteroatoms. The zero-order valence-electron chi connectivity index (χ0n) is 16.8. The quantitative estimate of drug-likeness (QED) is 0.414. The number of allylic oxidation sites excluding steroid dienone is 1. The maximum absolute atomic E-state index is 13.1. The van der Waals surface area contributed by atoms with Gasteiger partial charge in [-0.15, -0.1) is 6.58 Å². The Morgan fingerprint density at radius 2 is 2.17 bits per heavy atom. The molecule has 0 N–H and O–H groups in total. The van der Waals surface area contributed by atoms with Gasteiger partial charge in [0.1, 0.15) is 17.6 Å². The lowest BCUT2D eigenvalue weighted by Crippen LogP contribution is -2.37. The third kappa shape index (κ3) is 4.25. The molecule has 1 aromatic carbocycles. The number of thiazole rings is 1. The van der Waals surface area contributed by atoms with Crippen LogP contribution in [0.15, 0.2) is 42.0 Å². The summed E-state index contributed by atoms with van der Waals surface area (Å²) >= 11 is 6.50. The first-order valence-corrected chi connectivity index (χ1v) is 10.5. The zero-order valence-corrected chi connectivity index (χ0v) is 18.4. The van der Waals surface area contributed by atoms with E-state index in [2.05, 4.69) is 17.6 Å². The lowest BCUT2D eigenvalue weighted by molar-refractivity contribution is -0.119. The Morgan fingerprint density at radius 3 is 2.83 bits per heavy atom. The molecule has 7 nitrogen and oxygen atoms in total. The van der Waals surface area contributed by atoms with Crippen LogP contribution in [0, 0.1) is 29.1 Å². The molecule has 154 valence electrons. The fraction of sp³-hybridized carbons (Fsp3) is 0.286. The molecule has 0 aliphatic heterocycles. The predicted octanol–water partition coefficient (Wildman–Crippen LogP) is 3.74. The fourth-order valence-electron chi connectivity index (χ4n) is 3.06. The molecule has 0 saturated heterocycles. The molecule has 0 fully saturated rings. The van der Waals surface area contributed by atoms with Crippen molar-refractivity contribution >= 4 is 45.5 Å². The highest BCUT2D eigenvalue weighted by Gasteiger charge is 2.19. The SMILES string of the molecule is C=CCn1c(=S)sc2c(=O)n(CC(=O)N(CCC#N)c3ccc(C)c(C)c3)cnc21. The molecule has 0 spiro atoms. The van der Waals surface area contributed by atoms with Crippen LogP contribution in [0.2, 0.25) is 0 Å². The second kappa shape index (κ2) is 9.15. The predicted molar refractivity (Wildman–Crippen MR) is 121 cm³/mol. The van der Waals surface area contributed by atoms with Crippen molar-refractivity contribution in [3.63, 3.8) is 0 Å². The van der Waals surface area contributed by atoms with Crippen LogP contribution in [-0.2, 0) is 17.9 Å². The molecular weight excluding hydrogens is 418 g/mol.